The van der Waals surface area contributed by atoms with E-state index in [4.69, 9.17) is 4.74 Å². The molecule has 1 aliphatic carbocycles. The van der Waals surface area contributed by atoms with E-state index in [0.717, 1.165) is 19.3 Å². The molecule has 2 heteroatoms. The predicted molar refractivity (Wildman–Crippen MR) is 65.4 cm³/mol. The first-order chi connectivity index (χ1) is 8.31. The van der Waals surface area contributed by atoms with Crippen LogP contribution in [0.3, 0.4) is 0 Å². The van der Waals surface area contributed by atoms with Crippen LogP contribution in [0, 0.1) is 11.3 Å². The van der Waals surface area contributed by atoms with Gasteiger partial charge in [0.1, 0.15) is 0 Å². The fourth-order valence-corrected chi connectivity index (χ4v) is 2.99. The zero-order valence-corrected chi connectivity index (χ0v) is 9.76. The van der Waals surface area contributed by atoms with Gasteiger partial charge in [0, 0.05) is 5.92 Å². The molecule has 2 nitrogen and oxygen atoms in total. The summed E-state index contributed by atoms with van der Waals surface area (Å²) in [5, 5.41) is 0. The molecule has 1 saturated heterocycles. The van der Waals surface area contributed by atoms with Gasteiger partial charge in [-0.2, -0.15) is 0 Å². The molecule has 2 unspecified atom stereocenters. The summed E-state index contributed by atoms with van der Waals surface area (Å²) in [4.78, 5) is 12.1. The van der Waals surface area contributed by atoms with E-state index in [-0.39, 0.29) is 11.4 Å². The minimum absolute atomic E-state index is 0.00398. The molecule has 1 aromatic carbocycles. The summed E-state index contributed by atoms with van der Waals surface area (Å²) >= 11 is 0. The third-order valence-electron chi connectivity index (χ3n) is 4.04. The van der Waals surface area contributed by atoms with Gasteiger partial charge in [-0.1, -0.05) is 42.5 Å². The highest BCUT2D eigenvalue weighted by molar-refractivity contribution is 5.80. The molecule has 0 spiro atoms. The lowest BCUT2D eigenvalue weighted by atomic mass is 9.67. The maximum Gasteiger partial charge on any atom is 0.313 e. The molecule has 1 heterocycles. The summed E-state index contributed by atoms with van der Waals surface area (Å²) in [6.45, 7) is 0.593. The molecule has 3 rings (SSSR count). The highest BCUT2D eigenvalue weighted by atomic mass is 16.5. The second-order valence-electron chi connectivity index (χ2n) is 5.03. The second-order valence-corrected chi connectivity index (χ2v) is 5.03. The van der Waals surface area contributed by atoms with Crippen LogP contribution in [0.15, 0.2) is 42.5 Å². The molecular weight excluding hydrogens is 212 g/mol. The summed E-state index contributed by atoms with van der Waals surface area (Å²) in [6.07, 6.45) is 6.91. The molecule has 1 aliphatic heterocycles. The van der Waals surface area contributed by atoms with Gasteiger partial charge in [-0.05, 0) is 24.8 Å². The zero-order valence-electron chi connectivity index (χ0n) is 9.76. The molecule has 1 fully saturated rings. The Labute approximate surface area is 101 Å². The fraction of sp³-hybridized carbons (Fsp3) is 0.400. The summed E-state index contributed by atoms with van der Waals surface area (Å²) in [6, 6.07) is 10.2. The Morgan fingerprint density at radius 1 is 1.24 bits per heavy atom. The Morgan fingerprint density at radius 2 is 2.06 bits per heavy atom. The first-order valence-corrected chi connectivity index (χ1v) is 6.17. The van der Waals surface area contributed by atoms with Crippen molar-refractivity contribution in [1.29, 1.82) is 0 Å². The molecule has 0 radical (unpaired) electrons. The number of ether oxygens (including phenoxy) is 1. The Balaban J connectivity index is 1.92. The van der Waals surface area contributed by atoms with E-state index >= 15 is 0 Å². The average molecular weight is 228 g/mol. The van der Waals surface area contributed by atoms with Crippen LogP contribution in [-0.4, -0.2) is 12.6 Å². The molecule has 2 aliphatic rings. The van der Waals surface area contributed by atoms with E-state index in [0.29, 0.717) is 12.5 Å². The fourth-order valence-electron chi connectivity index (χ4n) is 2.99. The van der Waals surface area contributed by atoms with Gasteiger partial charge in [0.2, 0.25) is 0 Å². The van der Waals surface area contributed by atoms with E-state index in [9.17, 15) is 4.79 Å². The number of hydrogen-bond acceptors (Lipinski definition) is 2. The summed E-state index contributed by atoms with van der Waals surface area (Å²) in [5.41, 5.74) is 0.933. The monoisotopic (exact) mass is 228 g/mol. The number of allylic oxidation sites excluding steroid dienone is 2. The molecule has 0 bridgehead atoms. The molecule has 0 saturated carbocycles. The number of esters is 1. The highest BCUT2D eigenvalue weighted by Gasteiger charge is 2.51. The largest absolute Gasteiger partial charge is 0.465 e. The third-order valence-corrected chi connectivity index (χ3v) is 4.04. The van der Waals surface area contributed by atoms with Crippen LogP contribution in [0.25, 0.3) is 0 Å². The van der Waals surface area contributed by atoms with Gasteiger partial charge in [-0.25, -0.2) is 0 Å². The van der Waals surface area contributed by atoms with E-state index in [1.54, 1.807) is 0 Å². The summed E-state index contributed by atoms with van der Waals surface area (Å²) in [5.74, 6) is 0.357. The minimum atomic E-state index is -0.296. The maximum absolute atomic E-state index is 12.1. The van der Waals surface area contributed by atoms with Crippen LogP contribution in [0.1, 0.15) is 18.4 Å². The van der Waals surface area contributed by atoms with Gasteiger partial charge in [-0.15, -0.1) is 0 Å². The Hall–Kier alpha value is -1.57. The Kier molecular flexibility index (Phi) is 2.50. The van der Waals surface area contributed by atoms with Gasteiger partial charge >= 0.3 is 5.97 Å². The standard InChI is InChI=1S/C15H16O2/c16-14-15(10-12-6-2-1-3-7-12)9-5-4-8-13(15)11-17-14/h1-7,13H,8-11H2. The van der Waals surface area contributed by atoms with Crippen molar-refractivity contribution in [3.8, 4) is 0 Å². The number of benzene rings is 1. The molecular formula is C15H16O2. The molecule has 0 N–H and O–H groups in total. The van der Waals surface area contributed by atoms with Crippen LogP contribution in [0.4, 0.5) is 0 Å². The van der Waals surface area contributed by atoms with E-state index in [2.05, 4.69) is 24.3 Å². The van der Waals surface area contributed by atoms with Crippen molar-refractivity contribution >= 4 is 5.97 Å². The minimum Gasteiger partial charge on any atom is -0.465 e. The van der Waals surface area contributed by atoms with Crippen molar-refractivity contribution in [1.82, 2.24) is 0 Å². The molecule has 17 heavy (non-hydrogen) atoms. The number of cyclic esters (lactones) is 1. The van der Waals surface area contributed by atoms with Crippen LogP contribution < -0.4 is 0 Å². The van der Waals surface area contributed by atoms with E-state index < -0.39 is 0 Å². The smallest absolute Gasteiger partial charge is 0.313 e. The molecule has 1 aromatic rings. The zero-order chi connectivity index (χ0) is 11.7. The number of carbonyl (C=O) groups is 1. The lowest BCUT2D eigenvalue weighted by Crippen LogP contribution is -2.36. The Bertz CT molecular complexity index is 449. The molecule has 0 amide bonds. The van der Waals surface area contributed by atoms with E-state index in [1.807, 2.05) is 18.2 Å². The van der Waals surface area contributed by atoms with Gasteiger partial charge in [0.25, 0.3) is 0 Å². The quantitative estimate of drug-likeness (QED) is 0.574. The van der Waals surface area contributed by atoms with Crippen molar-refractivity contribution in [3.05, 3.63) is 48.0 Å². The topological polar surface area (TPSA) is 26.3 Å². The maximum atomic E-state index is 12.1. The van der Waals surface area contributed by atoms with Gasteiger partial charge < -0.3 is 4.74 Å². The lowest BCUT2D eigenvalue weighted by Gasteiger charge is -2.32. The van der Waals surface area contributed by atoms with Crippen LogP contribution in [-0.2, 0) is 16.0 Å². The third kappa shape index (κ3) is 1.68. The first kappa shape index (κ1) is 10.6. The SMILES string of the molecule is O=C1OCC2CC=CCC12Cc1ccccc1. The van der Waals surface area contributed by atoms with Gasteiger partial charge in [0.15, 0.2) is 0 Å². The number of fused-ring (bicyclic) bond motifs is 1. The van der Waals surface area contributed by atoms with Crippen molar-refractivity contribution in [2.75, 3.05) is 6.61 Å². The normalized spacial score (nSPS) is 31.1. The van der Waals surface area contributed by atoms with Gasteiger partial charge in [-0.3, -0.25) is 4.79 Å². The molecule has 88 valence electrons. The van der Waals surface area contributed by atoms with E-state index in [1.165, 1.54) is 5.56 Å². The Morgan fingerprint density at radius 3 is 2.88 bits per heavy atom. The predicted octanol–water partition coefficient (Wildman–Crippen LogP) is 2.74. The van der Waals surface area contributed by atoms with Crippen molar-refractivity contribution in [3.63, 3.8) is 0 Å². The average Bonchev–Trinajstić information content (AvgIpc) is 2.69. The molecule has 2 atom stereocenters. The number of rotatable bonds is 2. The molecule has 0 aromatic heterocycles. The van der Waals surface area contributed by atoms with Gasteiger partial charge in [0.05, 0.1) is 12.0 Å². The van der Waals surface area contributed by atoms with Crippen LogP contribution in [0.2, 0.25) is 0 Å². The number of hydrogen-bond donors (Lipinski definition) is 0. The number of carbonyl (C=O) groups excluding carboxylic acids is 1. The van der Waals surface area contributed by atoms with Crippen molar-refractivity contribution < 1.29 is 9.53 Å². The van der Waals surface area contributed by atoms with Crippen molar-refractivity contribution in [2.24, 2.45) is 11.3 Å². The van der Waals surface area contributed by atoms with Crippen LogP contribution in [0.5, 0.6) is 0 Å². The van der Waals surface area contributed by atoms with Crippen LogP contribution >= 0.6 is 0 Å². The van der Waals surface area contributed by atoms with Crippen molar-refractivity contribution in [2.45, 2.75) is 19.3 Å². The highest BCUT2D eigenvalue weighted by Crippen LogP contribution is 2.46. The second kappa shape index (κ2) is 4.02. The summed E-state index contributed by atoms with van der Waals surface area (Å²) in [7, 11) is 0. The first-order valence-electron chi connectivity index (χ1n) is 6.17. The lowest BCUT2D eigenvalue weighted by molar-refractivity contribution is -0.146. The summed E-state index contributed by atoms with van der Waals surface area (Å²) < 4.78 is 5.30.